The van der Waals surface area contributed by atoms with Gasteiger partial charge < -0.3 is 10.5 Å². The standard InChI is InChI=1S/C14H16N2O2/c1-8(2)18-14(17)11-9(3)7-10-5-4-6-16-13(10)12(11)15/h4-8H,15H2,1-3H3. The number of esters is 1. The molecule has 0 aliphatic rings. The van der Waals surface area contributed by atoms with E-state index in [0.717, 1.165) is 10.9 Å². The maximum Gasteiger partial charge on any atom is 0.340 e. The largest absolute Gasteiger partial charge is 0.459 e. The maximum absolute atomic E-state index is 12.0. The molecule has 0 saturated heterocycles. The summed E-state index contributed by atoms with van der Waals surface area (Å²) < 4.78 is 5.20. The number of nitrogens with two attached hydrogens (primary N) is 1. The van der Waals surface area contributed by atoms with E-state index in [1.807, 2.05) is 39.0 Å². The third kappa shape index (κ3) is 2.14. The van der Waals surface area contributed by atoms with Gasteiger partial charge in [-0.3, -0.25) is 4.98 Å². The molecule has 2 aromatic rings. The number of rotatable bonds is 2. The van der Waals surface area contributed by atoms with Crippen molar-refractivity contribution in [1.29, 1.82) is 0 Å². The average molecular weight is 244 g/mol. The van der Waals surface area contributed by atoms with E-state index in [0.29, 0.717) is 16.8 Å². The first-order valence-corrected chi connectivity index (χ1v) is 5.85. The van der Waals surface area contributed by atoms with Crippen molar-refractivity contribution in [3.8, 4) is 0 Å². The number of anilines is 1. The lowest BCUT2D eigenvalue weighted by Crippen LogP contribution is -2.15. The van der Waals surface area contributed by atoms with Crippen molar-refractivity contribution < 1.29 is 9.53 Å². The van der Waals surface area contributed by atoms with Gasteiger partial charge in [0.15, 0.2) is 0 Å². The number of aryl methyl sites for hydroxylation is 1. The smallest absolute Gasteiger partial charge is 0.340 e. The predicted molar refractivity (Wildman–Crippen MR) is 71.4 cm³/mol. The second kappa shape index (κ2) is 4.64. The molecule has 0 unspecified atom stereocenters. The molecule has 94 valence electrons. The number of nitrogen functional groups attached to an aromatic ring is 1. The molecule has 2 N–H and O–H groups in total. The average Bonchev–Trinajstić information content (AvgIpc) is 2.27. The van der Waals surface area contributed by atoms with Crippen LogP contribution in [0.4, 0.5) is 5.69 Å². The zero-order valence-corrected chi connectivity index (χ0v) is 10.7. The van der Waals surface area contributed by atoms with Crippen LogP contribution in [0.1, 0.15) is 29.8 Å². The summed E-state index contributed by atoms with van der Waals surface area (Å²) in [4.78, 5) is 16.2. The van der Waals surface area contributed by atoms with Crippen molar-refractivity contribution >= 4 is 22.6 Å². The highest BCUT2D eigenvalue weighted by atomic mass is 16.5. The quantitative estimate of drug-likeness (QED) is 0.651. The zero-order chi connectivity index (χ0) is 13.3. The van der Waals surface area contributed by atoms with Crippen LogP contribution < -0.4 is 5.73 Å². The molecule has 1 aromatic heterocycles. The van der Waals surface area contributed by atoms with E-state index in [2.05, 4.69) is 4.98 Å². The van der Waals surface area contributed by atoms with Crippen LogP contribution in [-0.4, -0.2) is 17.1 Å². The number of hydrogen-bond donors (Lipinski definition) is 1. The molecule has 18 heavy (non-hydrogen) atoms. The first-order valence-electron chi connectivity index (χ1n) is 5.85. The van der Waals surface area contributed by atoms with E-state index in [4.69, 9.17) is 10.5 Å². The van der Waals surface area contributed by atoms with Crippen LogP contribution in [0, 0.1) is 6.92 Å². The summed E-state index contributed by atoms with van der Waals surface area (Å²) in [7, 11) is 0. The Morgan fingerprint density at radius 3 is 2.83 bits per heavy atom. The molecule has 1 heterocycles. The number of benzene rings is 1. The number of nitrogens with zero attached hydrogens (tertiary/aromatic N) is 1. The highest BCUT2D eigenvalue weighted by Crippen LogP contribution is 2.27. The lowest BCUT2D eigenvalue weighted by molar-refractivity contribution is 0.0378. The Morgan fingerprint density at radius 1 is 1.44 bits per heavy atom. The fourth-order valence-electron chi connectivity index (χ4n) is 1.94. The monoisotopic (exact) mass is 244 g/mol. The van der Waals surface area contributed by atoms with Crippen LogP contribution in [-0.2, 0) is 4.74 Å². The minimum atomic E-state index is -0.396. The van der Waals surface area contributed by atoms with Crippen molar-refractivity contribution in [1.82, 2.24) is 4.98 Å². The van der Waals surface area contributed by atoms with E-state index in [1.165, 1.54) is 0 Å². The van der Waals surface area contributed by atoms with Crippen molar-refractivity contribution in [3.05, 3.63) is 35.5 Å². The van der Waals surface area contributed by atoms with E-state index < -0.39 is 5.97 Å². The summed E-state index contributed by atoms with van der Waals surface area (Å²) in [5.41, 5.74) is 8.27. The predicted octanol–water partition coefficient (Wildman–Crippen LogP) is 2.69. The number of carbonyl (C=O) groups is 1. The van der Waals surface area contributed by atoms with E-state index in [-0.39, 0.29) is 6.10 Å². The van der Waals surface area contributed by atoms with Crippen LogP contribution in [0.25, 0.3) is 10.9 Å². The third-order valence-electron chi connectivity index (χ3n) is 2.68. The molecule has 0 atom stereocenters. The molecule has 4 heteroatoms. The van der Waals surface area contributed by atoms with Gasteiger partial charge in [-0.05, 0) is 38.5 Å². The molecule has 0 amide bonds. The first kappa shape index (κ1) is 12.4. The summed E-state index contributed by atoms with van der Waals surface area (Å²) in [5, 5.41) is 0.925. The van der Waals surface area contributed by atoms with E-state index in [9.17, 15) is 4.79 Å². The lowest BCUT2D eigenvalue weighted by atomic mass is 10.0. The highest BCUT2D eigenvalue weighted by molar-refractivity contribution is 6.05. The summed E-state index contributed by atoms with van der Waals surface area (Å²) in [6.45, 7) is 5.46. The third-order valence-corrected chi connectivity index (χ3v) is 2.68. The summed E-state index contributed by atoms with van der Waals surface area (Å²) in [6.07, 6.45) is 1.49. The van der Waals surface area contributed by atoms with Gasteiger partial charge in [-0.15, -0.1) is 0 Å². The van der Waals surface area contributed by atoms with Gasteiger partial charge in [0, 0.05) is 11.6 Å². The molecular formula is C14H16N2O2. The molecule has 1 aromatic carbocycles. The zero-order valence-electron chi connectivity index (χ0n) is 10.7. The minimum absolute atomic E-state index is 0.171. The van der Waals surface area contributed by atoms with Gasteiger partial charge in [0.2, 0.25) is 0 Å². The Labute approximate surface area is 106 Å². The molecular weight excluding hydrogens is 228 g/mol. The second-order valence-corrected chi connectivity index (χ2v) is 4.51. The van der Waals surface area contributed by atoms with E-state index >= 15 is 0 Å². The SMILES string of the molecule is Cc1cc2cccnc2c(N)c1C(=O)OC(C)C. The van der Waals surface area contributed by atoms with Crippen LogP contribution in [0.5, 0.6) is 0 Å². The number of aromatic nitrogens is 1. The Kier molecular flexibility index (Phi) is 3.19. The molecule has 0 fully saturated rings. The molecule has 0 bridgehead atoms. The topological polar surface area (TPSA) is 65.2 Å². The van der Waals surface area contributed by atoms with Crippen molar-refractivity contribution in [2.45, 2.75) is 26.9 Å². The van der Waals surface area contributed by atoms with Gasteiger partial charge in [0.25, 0.3) is 0 Å². The minimum Gasteiger partial charge on any atom is -0.459 e. The Balaban J connectivity index is 2.60. The molecule has 0 radical (unpaired) electrons. The molecule has 0 aliphatic heterocycles. The van der Waals surface area contributed by atoms with Crippen LogP contribution in [0.3, 0.4) is 0 Å². The number of fused-ring (bicyclic) bond motifs is 1. The van der Waals surface area contributed by atoms with Gasteiger partial charge in [0.05, 0.1) is 22.9 Å². The van der Waals surface area contributed by atoms with Gasteiger partial charge in [-0.2, -0.15) is 0 Å². The maximum atomic E-state index is 12.0. The Hall–Kier alpha value is -2.10. The Morgan fingerprint density at radius 2 is 2.17 bits per heavy atom. The van der Waals surface area contributed by atoms with Crippen molar-refractivity contribution in [2.24, 2.45) is 0 Å². The normalized spacial score (nSPS) is 10.9. The lowest BCUT2D eigenvalue weighted by Gasteiger charge is -2.13. The van der Waals surface area contributed by atoms with Gasteiger partial charge >= 0.3 is 5.97 Å². The van der Waals surface area contributed by atoms with Crippen LogP contribution in [0.15, 0.2) is 24.4 Å². The van der Waals surface area contributed by atoms with Gasteiger partial charge in [-0.25, -0.2) is 4.79 Å². The van der Waals surface area contributed by atoms with Gasteiger partial charge in [0.1, 0.15) is 0 Å². The summed E-state index contributed by atoms with van der Waals surface area (Å²) in [5.74, 6) is -0.396. The van der Waals surface area contributed by atoms with Crippen LogP contribution in [0.2, 0.25) is 0 Å². The molecule has 2 rings (SSSR count). The molecule has 4 nitrogen and oxygen atoms in total. The van der Waals surface area contributed by atoms with E-state index in [1.54, 1.807) is 6.20 Å². The number of pyridine rings is 1. The molecule has 0 spiro atoms. The number of hydrogen-bond acceptors (Lipinski definition) is 4. The summed E-state index contributed by atoms with van der Waals surface area (Å²) in [6, 6.07) is 5.66. The Bertz CT molecular complexity index is 606. The summed E-state index contributed by atoms with van der Waals surface area (Å²) >= 11 is 0. The fraction of sp³-hybridized carbons (Fsp3) is 0.286. The van der Waals surface area contributed by atoms with Crippen LogP contribution >= 0.6 is 0 Å². The second-order valence-electron chi connectivity index (χ2n) is 4.51. The first-order chi connectivity index (χ1) is 8.50. The number of ether oxygens (including phenoxy) is 1. The molecule has 0 saturated carbocycles. The molecule has 0 aliphatic carbocycles. The van der Waals surface area contributed by atoms with Crippen molar-refractivity contribution in [2.75, 3.05) is 5.73 Å². The number of carbonyl (C=O) groups excluding carboxylic acids is 1. The fourth-order valence-corrected chi connectivity index (χ4v) is 1.94. The highest BCUT2D eigenvalue weighted by Gasteiger charge is 2.18. The van der Waals surface area contributed by atoms with Crippen molar-refractivity contribution in [3.63, 3.8) is 0 Å². The van der Waals surface area contributed by atoms with Gasteiger partial charge in [-0.1, -0.05) is 6.07 Å².